The smallest absolute Gasteiger partial charge is 0.255 e. The normalized spacial score (nSPS) is 12.4. The van der Waals surface area contributed by atoms with E-state index in [9.17, 15) is 4.79 Å². The van der Waals surface area contributed by atoms with Crippen LogP contribution in [0.5, 0.6) is 5.75 Å². The number of carbonyl (C=O) groups is 1. The van der Waals surface area contributed by atoms with Crippen molar-refractivity contribution in [2.24, 2.45) is 5.73 Å². The van der Waals surface area contributed by atoms with Crippen LogP contribution in [0.2, 0.25) is 5.02 Å². The molecule has 3 aromatic rings. The fourth-order valence-corrected chi connectivity index (χ4v) is 3.77. The molecule has 1 aliphatic heterocycles. The Labute approximate surface area is 179 Å². The summed E-state index contributed by atoms with van der Waals surface area (Å²) < 4.78 is 5.47. The van der Waals surface area contributed by atoms with E-state index in [1.54, 1.807) is 25.6 Å². The minimum atomic E-state index is -0.147. The van der Waals surface area contributed by atoms with E-state index in [1.165, 1.54) is 0 Å². The Morgan fingerprint density at radius 3 is 3.03 bits per heavy atom. The van der Waals surface area contributed by atoms with Crippen molar-refractivity contribution >= 4 is 28.9 Å². The number of nitrogens with two attached hydrogens (primary N) is 1. The average Bonchev–Trinajstić information content (AvgIpc) is 3.12. The van der Waals surface area contributed by atoms with Crippen LogP contribution in [-0.4, -0.2) is 36.1 Å². The molecule has 1 aromatic carbocycles. The lowest BCUT2D eigenvalue weighted by molar-refractivity contribution is 0.0947. The number of ether oxygens (including phenoxy) is 1. The maximum absolute atomic E-state index is 12.7. The molecule has 0 bridgehead atoms. The minimum absolute atomic E-state index is 0.147. The second-order valence-electron chi connectivity index (χ2n) is 6.61. The van der Waals surface area contributed by atoms with Crippen LogP contribution in [0.1, 0.15) is 21.6 Å². The molecule has 1 amide bonds. The maximum Gasteiger partial charge on any atom is 0.255 e. The third-order valence-electron chi connectivity index (χ3n) is 4.81. The van der Waals surface area contributed by atoms with Gasteiger partial charge in [0.2, 0.25) is 0 Å². The zero-order valence-electron chi connectivity index (χ0n) is 16.3. The highest BCUT2D eigenvalue weighted by Gasteiger charge is 2.28. The van der Waals surface area contributed by atoms with E-state index in [2.05, 4.69) is 32.4 Å². The van der Waals surface area contributed by atoms with Gasteiger partial charge in [-0.1, -0.05) is 29.5 Å². The van der Waals surface area contributed by atoms with Crippen molar-refractivity contribution < 1.29 is 9.53 Å². The fraction of sp³-hybridized carbons (Fsp3) is 0.182. The zero-order chi connectivity index (χ0) is 21.1. The molecule has 2 aromatic heterocycles. The van der Waals surface area contributed by atoms with E-state index in [1.807, 2.05) is 18.2 Å². The van der Waals surface area contributed by atoms with Crippen LogP contribution in [0.15, 0.2) is 36.7 Å². The molecule has 5 N–H and O–H groups in total. The van der Waals surface area contributed by atoms with Crippen molar-refractivity contribution in [2.75, 3.05) is 25.5 Å². The van der Waals surface area contributed by atoms with Crippen LogP contribution in [-0.2, 0) is 6.42 Å². The maximum atomic E-state index is 12.7. The molecule has 30 heavy (non-hydrogen) atoms. The summed E-state index contributed by atoms with van der Waals surface area (Å²) in [4.78, 5) is 20.3. The van der Waals surface area contributed by atoms with Gasteiger partial charge in [-0.2, -0.15) is 0 Å². The molecule has 0 unspecified atom stereocenters. The number of aromatic amines is 1. The predicted molar refractivity (Wildman–Crippen MR) is 117 cm³/mol. The van der Waals surface area contributed by atoms with Gasteiger partial charge < -0.3 is 26.1 Å². The van der Waals surface area contributed by atoms with Gasteiger partial charge in [-0.15, -0.1) is 0 Å². The largest absolute Gasteiger partial charge is 0.493 e. The number of amides is 1. The van der Waals surface area contributed by atoms with E-state index >= 15 is 0 Å². The summed E-state index contributed by atoms with van der Waals surface area (Å²) in [6.45, 7) is 0.810. The summed E-state index contributed by atoms with van der Waals surface area (Å²) in [6, 6.07) is 7.26. The first-order chi connectivity index (χ1) is 14.6. The molecule has 8 heteroatoms. The number of pyridine rings is 1. The second kappa shape index (κ2) is 8.49. The van der Waals surface area contributed by atoms with Gasteiger partial charge in [-0.25, -0.2) is 0 Å². The molecular formula is C22H20ClN5O2. The molecule has 7 nitrogen and oxygen atoms in total. The van der Waals surface area contributed by atoms with Crippen LogP contribution in [0.25, 0.3) is 11.3 Å². The number of benzene rings is 1. The number of carbonyl (C=O) groups excluding carboxylic acids is 1. The molecule has 1 aliphatic rings. The Morgan fingerprint density at radius 1 is 1.37 bits per heavy atom. The lowest BCUT2D eigenvalue weighted by atomic mass is 10.0. The highest BCUT2D eigenvalue weighted by Crippen LogP contribution is 2.41. The first-order valence-corrected chi connectivity index (χ1v) is 9.77. The lowest BCUT2D eigenvalue weighted by Crippen LogP contribution is -2.31. The van der Waals surface area contributed by atoms with Crippen LogP contribution in [0.4, 0.5) is 11.4 Å². The lowest BCUT2D eigenvalue weighted by Gasteiger charge is -2.17. The van der Waals surface area contributed by atoms with Gasteiger partial charge >= 0.3 is 0 Å². The number of aromatic nitrogens is 2. The standard InChI is InChI=1S/C22H20ClN5O2/c1-30-21-15(23)5-2-6-17(21)28-20-18-16(8-11-26-22(18)29)27-19(20)14-7-10-25-12-13(14)4-3-9-24/h2,5-7,10,12,27-28H,8-9,11,24H2,1H3,(H,26,29). The van der Waals surface area contributed by atoms with E-state index in [0.717, 1.165) is 17.0 Å². The summed E-state index contributed by atoms with van der Waals surface area (Å²) in [5, 5.41) is 6.73. The molecule has 0 spiro atoms. The molecule has 3 heterocycles. The highest BCUT2D eigenvalue weighted by atomic mass is 35.5. The molecule has 0 saturated heterocycles. The van der Waals surface area contributed by atoms with Crippen LogP contribution in [0, 0.1) is 11.8 Å². The molecule has 152 valence electrons. The van der Waals surface area contributed by atoms with Crippen LogP contribution < -0.4 is 21.1 Å². The molecule has 4 rings (SSSR count). The van der Waals surface area contributed by atoms with Crippen LogP contribution in [0.3, 0.4) is 0 Å². The van der Waals surface area contributed by atoms with Gasteiger partial charge in [-0.05, 0) is 18.2 Å². The summed E-state index contributed by atoms with van der Waals surface area (Å²) >= 11 is 6.29. The summed E-state index contributed by atoms with van der Waals surface area (Å²) in [7, 11) is 1.55. The van der Waals surface area contributed by atoms with E-state index < -0.39 is 0 Å². The quantitative estimate of drug-likeness (QED) is 0.484. The molecular weight excluding hydrogens is 402 g/mol. The van der Waals surface area contributed by atoms with E-state index in [-0.39, 0.29) is 12.5 Å². The molecule has 0 atom stereocenters. The number of para-hydroxylation sites is 1. The van der Waals surface area contributed by atoms with Gasteiger partial charge in [-0.3, -0.25) is 9.78 Å². The Bertz CT molecular complexity index is 1180. The molecule has 0 aliphatic carbocycles. The SMILES string of the molecule is COc1c(Cl)cccc1Nc1c(-c2ccncc2C#CCN)[nH]c2c1C(=O)NCC2. The van der Waals surface area contributed by atoms with Crippen molar-refractivity contribution in [3.63, 3.8) is 0 Å². The van der Waals surface area contributed by atoms with E-state index in [0.29, 0.717) is 46.2 Å². The van der Waals surface area contributed by atoms with Crippen molar-refractivity contribution in [2.45, 2.75) is 6.42 Å². The summed E-state index contributed by atoms with van der Waals surface area (Å²) in [6.07, 6.45) is 4.06. The number of nitrogens with zero attached hydrogens (tertiary/aromatic N) is 1. The fourth-order valence-electron chi connectivity index (χ4n) is 3.51. The van der Waals surface area contributed by atoms with Crippen molar-refractivity contribution in [1.82, 2.24) is 15.3 Å². The summed E-state index contributed by atoms with van der Waals surface area (Å²) in [5.74, 6) is 6.27. The average molecular weight is 422 g/mol. The van der Waals surface area contributed by atoms with Crippen molar-refractivity contribution in [3.05, 3.63) is 58.5 Å². The molecule has 0 fully saturated rings. The minimum Gasteiger partial charge on any atom is -0.493 e. The number of H-pyrrole nitrogens is 1. The number of nitrogens with one attached hydrogen (secondary N) is 3. The number of hydrogen-bond acceptors (Lipinski definition) is 5. The third kappa shape index (κ3) is 3.59. The number of fused-ring (bicyclic) bond motifs is 1. The molecule has 0 radical (unpaired) electrons. The van der Waals surface area contributed by atoms with Gasteiger partial charge in [0.15, 0.2) is 5.75 Å². The first-order valence-electron chi connectivity index (χ1n) is 9.40. The highest BCUT2D eigenvalue weighted by molar-refractivity contribution is 6.32. The Balaban J connectivity index is 1.92. The monoisotopic (exact) mass is 421 g/mol. The van der Waals surface area contributed by atoms with Crippen LogP contribution >= 0.6 is 11.6 Å². The number of halogens is 1. The summed E-state index contributed by atoms with van der Waals surface area (Å²) in [5.41, 5.74) is 10.5. The first kappa shape index (κ1) is 19.8. The van der Waals surface area contributed by atoms with Gasteiger partial charge in [0.05, 0.1) is 46.9 Å². The van der Waals surface area contributed by atoms with Gasteiger partial charge in [0, 0.05) is 36.6 Å². The number of rotatable bonds is 4. The van der Waals surface area contributed by atoms with Crippen molar-refractivity contribution in [1.29, 1.82) is 0 Å². The zero-order valence-corrected chi connectivity index (χ0v) is 17.1. The Morgan fingerprint density at radius 2 is 2.23 bits per heavy atom. The second-order valence-corrected chi connectivity index (χ2v) is 7.01. The molecule has 0 saturated carbocycles. The topological polar surface area (TPSA) is 105 Å². The van der Waals surface area contributed by atoms with Gasteiger partial charge in [0.1, 0.15) is 0 Å². The predicted octanol–water partition coefficient (Wildman–Crippen LogP) is 3.08. The van der Waals surface area contributed by atoms with Gasteiger partial charge in [0.25, 0.3) is 5.91 Å². The van der Waals surface area contributed by atoms with Crippen molar-refractivity contribution in [3.8, 4) is 28.8 Å². The number of hydrogen-bond donors (Lipinski definition) is 4. The Kier molecular flexibility index (Phi) is 5.61. The van der Waals surface area contributed by atoms with E-state index in [4.69, 9.17) is 22.1 Å². The number of methoxy groups -OCH3 is 1. The third-order valence-corrected chi connectivity index (χ3v) is 5.11. The Hall–Kier alpha value is -3.47. The number of anilines is 2.